The van der Waals surface area contributed by atoms with Gasteiger partial charge in [0, 0.05) is 16.9 Å². The van der Waals surface area contributed by atoms with Crippen molar-refractivity contribution in [3.05, 3.63) is 95.6 Å². The Kier molecular flexibility index (Phi) is 4.59. The van der Waals surface area contributed by atoms with Gasteiger partial charge in [0.15, 0.2) is 5.72 Å². The van der Waals surface area contributed by atoms with Crippen LogP contribution < -0.4 is 9.80 Å². The molecule has 0 radical (unpaired) electrons. The lowest BCUT2D eigenvalue weighted by Gasteiger charge is -2.35. The molecule has 0 aromatic heterocycles. The molecule has 3 aromatic carbocycles. The molecule has 1 saturated heterocycles. The number of aliphatic hydroxyl groups is 1. The fourth-order valence-electron chi connectivity index (χ4n) is 3.86. The second-order valence-corrected chi connectivity index (χ2v) is 7.21. The van der Waals surface area contributed by atoms with Crippen LogP contribution in [-0.2, 0) is 5.72 Å². The predicted molar refractivity (Wildman–Crippen MR) is 108 cm³/mol. The quantitative estimate of drug-likeness (QED) is 0.683. The standard InChI is InChI=1S/C23H20F2N2O2/c1-15-4-3-5-17(14-15)23(29)16(2)26(20-10-6-18(24)7-11-20)22(28)27(23)21-12-8-19(25)9-13-21/h3-14,16,29H,1-2H3. The van der Waals surface area contributed by atoms with E-state index >= 15 is 0 Å². The summed E-state index contributed by atoms with van der Waals surface area (Å²) >= 11 is 0. The molecule has 6 heteroatoms. The zero-order valence-corrected chi connectivity index (χ0v) is 16.0. The van der Waals surface area contributed by atoms with E-state index in [4.69, 9.17) is 0 Å². The molecule has 148 valence electrons. The van der Waals surface area contributed by atoms with Gasteiger partial charge in [0.1, 0.15) is 11.6 Å². The monoisotopic (exact) mass is 394 g/mol. The van der Waals surface area contributed by atoms with E-state index in [1.165, 1.54) is 58.3 Å². The first-order valence-electron chi connectivity index (χ1n) is 9.26. The molecule has 4 rings (SSSR count). The van der Waals surface area contributed by atoms with Crippen molar-refractivity contribution in [2.75, 3.05) is 9.80 Å². The number of carbonyl (C=O) groups is 1. The van der Waals surface area contributed by atoms with Gasteiger partial charge in [-0.2, -0.15) is 0 Å². The van der Waals surface area contributed by atoms with Crippen LogP contribution in [-0.4, -0.2) is 17.2 Å². The molecule has 2 unspecified atom stereocenters. The summed E-state index contributed by atoms with van der Waals surface area (Å²) < 4.78 is 26.9. The van der Waals surface area contributed by atoms with Crippen LogP contribution in [0.2, 0.25) is 0 Å². The van der Waals surface area contributed by atoms with Crippen LogP contribution in [0.15, 0.2) is 72.8 Å². The molecule has 2 amide bonds. The van der Waals surface area contributed by atoms with Crippen molar-refractivity contribution in [2.45, 2.75) is 25.6 Å². The van der Waals surface area contributed by atoms with Crippen molar-refractivity contribution in [2.24, 2.45) is 0 Å². The van der Waals surface area contributed by atoms with E-state index in [0.29, 0.717) is 16.9 Å². The van der Waals surface area contributed by atoms with Gasteiger partial charge in [-0.15, -0.1) is 0 Å². The fourth-order valence-corrected chi connectivity index (χ4v) is 3.86. The van der Waals surface area contributed by atoms with Crippen LogP contribution in [0.4, 0.5) is 25.0 Å². The molecule has 4 nitrogen and oxygen atoms in total. The Morgan fingerprint density at radius 1 is 0.897 bits per heavy atom. The van der Waals surface area contributed by atoms with E-state index in [-0.39, 0.29) is 0 Å². The van der Waals surface area contributed by atoms with Gasteiger partial charge in [-0.1, -0.05) is 29.8 Å². The highest BCUT2D eigenvalue weighted by Gasteiger charge is 2.56. The molecular formula is C23H20F2N2O2. The highest BCUT2D eigenvalue weighted by atomic mass is 19.1. The van der Waals surface area contributed by atoms with E-state index in [1.807, 2.05) is 25.1 Å². The highest BCUT2D eigenvalue weighted by molar-refractivity contribution is 6.08. The number of anilines is 2. The zero-order chi connectivity index (χ0) is 20.8. The SMILES string of the molecule is Cc1cccc(C2(O)C(C)N(c3ccc(F)cc3)C(=O)N2c2ccc(F)cc2)c1. The summed E-state index contributed by atoms with van der Waals surface area (Å²) in [5, 5.41) is 11.9. The second kappa shape index (κ2) is 6.97. The van der Waals surface area contributed by atoms with Gasteiger partial charge in [-0.05, 0) is 62.4 Å². The maximum atomic E-state index is 13.5. The van der Waals surface area contributed by atoms with Crippen molar-refractivity contribution in [3.8, 4) is 0 Å². The summed E-state index contributed by atoms with van der Waals surface area (Å²) in [4.78, 5) is 16.1. The third-order valence-electron chi connectivity index (χ3n) is 5.34. The lowest BCUT2D eigenvalue weighted by atomic mass is 9.93. The average Bonchev–Trinajstić information content (AvgIpc) is 2.90. The summed E-state index contributed by atoms with van der Waals surface area (Å²) in [7, 11) is 0. The summed E-state index contributed by atoms with van der Waals surface area (Å²) in [6.07, 6.45) is 0. The van der Waals surface area contributed by atoms with Gasteiger partial charge in [0.2, 0.25) is 0 Å². The normalized spacial score (nSPS) is 21.7. The van der Waals surface area contributed by atoms with Gasteiger partial charge in [-0.25, -0.2) is 13.6 Å². The molecule has 1 N–H and O–H groups in total. The number of benzene rings is 3. The third kappa shape index (κ3) is 3.06. The maximum absolute atomic E-state index is 13.5. The van der Waals surface area contributed by atoms with Gasteiger partial charge in [-0.3, -0.25) is 9.80 Å². The Balaban J connectivity index is 1.90. The molecule has 1 fully saturated rings. The second-order valence-electron chi connectivity index (χ2n) is 7.21. The van der Waals surface area contributed by atoms with E-state index < -0.39 is 29.4 Å². The molecule has 1 heterocycles. The molecule has 1 aliphatic rings. The number of hydrogen-bond acceptors (Lipinski definition) is 2. The Hall–Kier alpha value is -3.25. The highest BCUT2D eigenvalue weighted by Crippen LogP contribution is 2.44. The van der Waals surface area contributed by atoms with Gasteiger partial charge in [0.05, 0.1) is 6.04 Å². The number of hydrogen-bond donors (Lipinski definition) is 1. The van der Waals surface area contributed by atoms with Crippen LogP contribution in [0.1, 0.15) is 18.1 Å². The first kappa shape index (κ1) is 19.1. The minimum absolute atomic E-state index is 0.358. The van der Waals surface area contributed by atoms with E-state index in [9.17, 15) is 18.7 Å². The number of aryl methyl sites for hydroxylation is 1. The molecule has 29 heavy (non-hydrogen) atoms. The largest absolute Gasteiger partial charge is 0.365 e. The Bertz CT molecular complexity index is 1050. The van der Waals surface area contributed by atoms with Crippen molar-refractivity contribution >= 4 is 17.4 Å². The summed E-state index contributed by atoms with van der Waals surface area (Å²) in [5.74, 6) is -0.861. The number of rotatable bonds is 3. The topological polar surface area (TPSA) is 43.8 Å². The maximum Gasteiger partial charge on any atom is 0.332 e. The lowest BCUT2D eigenvalue weighted by Crippen LogP contribution is -2.48. The Morgan fingerprint density at radius 2 is 1.45 bits per heavy atom. The number of carbonyl (C=O) groups excluding carboxylic acids is 1. The first-order chi connectivity index (χ1) is 13.8. The van der Waals surface area contributed by atoms with Gasteiger partial charge < -0.3 is 5.11 Å². The van der Waals surface area contributed by atoms with E-state index in [1.54, 1.807) is 13.0 Å². The molecule has 2 atom stereocenters. The van der Waals surface area contributed by atoms with Crippen molar-refractivity contribution < 1.29 is 18.7 Å². The molecule has 0 bridgehead atoms. The minimum atomic E-state index is -1.71. The fraction of sp³-hybridized carbons (Fsp3) is 0.174. The molecule has 3 aromatic rings. The summed E-state index contributed by atoms with van der Waals surface area (Å²) in [5.41, 5.74) is 0.564. The first-order valence-corrected chi connectivity index (χ1v) is 9.26. The van der Waals surface area contributed by atoms with Crippen molar-refractivity contribution in [1.82, 2.24) is 0 Å². The van der Waals surface area contributed by atoms with Gasteiger partial charge >= 0.3 is 6.03 Å². The third-order valence-corrected chi connectivity index (χ3v) is 5.34. The Labute approximate surface area is 167 Å². The minimum Gasteiger partial charge on any atom is -0.365 e. The smallest absolute Gasteiger partial charge is 0.332 e. The lowest BCUT2D eigenvalue weighted by molar-refractivity contribution is 0.0371. The van der Waals surface area contributed by atoms with Gasteiger partial charge in [0.25, 0.3) is 0 Å². The molecule has 0 aliphatic carbocycles. The van der Waals surface area contributed by atoms with Crippen LogP contribution in [0, 0.1) is 18.6 Å². The summed E-state index contributed by atoms with van der Waals surface area (Å²) in [6.45, 7) is 3.63. The van der Waals surface area contributed by atoms with Crippen LogP contribution in [0.5, 0.6) is 0 Å². The van der Waals surface area contributed by atoms with E-state index in [2.05, 4.69) is 0 Å². The van der Waals surface area contributed by atoms with Crippen LogP contribution >= 0.6 is 0 Å². The molecular weight excluding hydrogens is 374 g/mol. The summed E-state index contributed by atoms with van der Waals surface area (Å²) in [6, 6.07) is 17.0. The van der Waals surface area contributed by atoms with Crippen LogP contribution in [0.3, 0.4) is 0 Å². The molecule has 0 saturated carbocycles. The molecule has 1 aliphatic heterocycles. The van der Waals surface area contributed by atoms with Crippen LogP contribution in [0.25, 0.3) is 0 Å². The zero-order valence-electron chi connectivity index (χ0n) is 16.0. The van der Waals surface area contributed by atoms with E-state index in [0.717, 1.165) is 5.56 Å². The predicted octanol–water partition coefficient (Wildman–Crippen LogP) is 4.95. The average molecular weight is 394 g/mol. The number of urea groups is 1. The number of amides is 2. The Morgan fingerprint density at radius 3 is 2.00 bits per heavy atom. The number of halogens is 2. The van der Waals surface area contributed by atoms with Crippen molar-refractivity contribution in [3.63, 3.8) is 0 Å². The van der Waals surface area contributed by atoms with Crippen molar-refractivity contribution in [1.29, 1.82) is 0 Å². The number of nitrogens with zero attached hydrogens (tertiary/aromatic N) is 2. The molecule has 0 spiro atoms.